The van der Waals surface area contributed by atoms with Crippen LogP contribution in [0.25, 0.3) is 0 Å². The van der Waals surface area contributed by atoms with E-state index in [-0.39, 0.29) is 12.1 Å². The molecule has 0 spiro atoms. The molecule has 1 amide bonds. The molecule has 1 aliphatic heterocycles. The largest absolute Gasteiger partial charge is 0.462 e. The van der Waals surface area contributed by atoms with Gasteiger partial charge in [0, 0.05) is 6.04 Å². The van der Waals surface area contributed by atoms with E-state index in [1.165, 1.54) is 7.11 Å². The van der Waals surface area contributed by atoms with Crippen LogP contribution in [0.1, 0.15) is 37.8 Å². The summed E-state index contributed by atoms with van der Waals surface area (Å²) in [5.41, 5.74) is 1.08. The number of likely N-dealkylation sites (tertiary alicyclic amines) is 1. The van der Waals surface area contributed by atoms with Crippen molar-refractivity contribution in [1.82, 2.24) is 4.90 Å². The van der Waals surface area contributed by atoms with E-state index in [4.69, 9.17) is 0 Å². The summed E-state index contributed by atoms with van der Waals surface area (Å²) in [7, 11) is 1.24. The molecule has 1 aliphatic rings. The van der Waals surface area contributed by atoms with Gasteiger partial charge in [-0.3, -0.25) is 4.79 Å². The van der Waals surface area contributed by atoms with Crippen molar-refractivity contribution in [3.63, 3.8) is 0 Å². The van der Waals surface area contributed by atoms with E-state index in [0.717, 1.165) is 24.8 Å². The molecule has 1 aromatic rings. The van der Waals surface area contributed by atoms with Gasteiger partial charge in [-0.1, -0.05) is 30.3 Å². The second-order valence-electron chi connectivity index (χ2n) is 4.91. The van der Waals surface area contributed by atoms with Crippen LogP contribution in [-0.4, -0.2) is 29.9 Å². The number of hydrogen-bond donors (Lipinski definition) is 0. The van der Waals surface area contributed by atoms with Crippen molar-refractivity contribution >= 4 is 11.9 Å². The van der Waals surface area contributed by atoms with Gasteiger partial charge >= 0.3 is 11.9 Å². The first-order valence-corrected chi connectivity index (χ1v) is 6.60. The van der Waals surface area contributed by atoms with Crippen molar-refractivity contribution in [2.75, 3.05) is 7.11 Å². The third-order valence-electron chi connectivity index (χ3n) is 3.69. The predicted molar refractivity (Wildman–Crippen MR) is 71.4 cm³/mol. The van der Waals surface area contributed by atoms with E-state index in [1.54, 1.807) is 4.90 Å². The zero-order valence-electron chi connectivity index (χ0n) is 11.3. The number of hydrogen-bond acceptors (Lipinski definition) is 3. The number of carbonyl (C=O) groups is 2. The molecule has 0 bridgehead atoms. The smallest absolute Gasteiger partial charge is 0.396 e. The molecule has 1 aromatic carbocycles. The Bertz CT molecular complexity index is 458. The Morgan fingerprint density at radius 1 is 1.21 bits per heavy atom. The monoisotopic (exact) mass is 261 g/mol. The summed E-state index contributed by atoms with van der Waals surface area (Å²) in [6.45, 7) is 1.98. The summed E-state index contributed by atoms with van der Waals surface area (Å²) in [4.78, 5) is 25.4. The molecule has 4 heteroatoms. The normalized spacial score (nSPS) is 22.9. The first-order chi connectivity index (χ1) is 9.15. The summed E-state index contributed by atoms with van der Waals surface area (Å²) in [6, 6.07) is 9.88. The highest BCUT2D eigenvalue weighted by Crippen LogP contribution is 2.34. The number of carbonyl (C=O) groups excluding carboxylic acids is 2. The number of rotatable bonds is 1. The van der Waals surface area contributed by atoms with Crippen LogP contribution in [0, 0.1) is 0 Å². The van der Waals surface area contributed by atoms with Crippen LogP contribution >= 0.6 is 0 Å². The third-order valence-corrected chi connectivity index (χ3v) is 3.69. The Morgan fingerprint density at radius 2 is 1.89 bits per heavy atom. The van der Waals surface area contributed by atoms with Gasteiger partial charge in [0.2, 0.25) is 0 Å². The Balaban J connectivity index is 2.29. The summed E-state index contributed by atoms with van der Waals surface area (Å²) < 4.78 is 4.57. The van der Waals surface area contributed by atoms with Crippen LogP contribution in [0.4, 0.5) is 0 Å². The van der Waals surface area contributed by atoms with Crippen LogP contribution in [0.15, 0.2) is 30.3 Å². The fraction of sp³-hybridized carbons (Fsp3) is 0.467. The average molecular weight is 261 g/mol. The number of piperidine rings is 1. The van der Waals surface area contributed by atoms with Crippen LogP contribution in [0.3, 0.4) is 0 Å². The van der Waals surface area contributed by atoms with Crippen LogP contribution in [0.2, 0.25) is 0 Å². The fourth-order valence-electron chi connectivity index (χ4n) is 2.73. The third kappa shape index (κ3) is 2.78. The van der Waals surface area contributed by atoms with Gasteiger partial charge < -0.3 is 9.64 Å². The number of nitrogens with zero attached hydrogens (tertiary/aromatic N) is 1. The van der Waals surface area contributed by atoms with E-state index in [2.05, 4.69) is 4.74 Å². The molecule has 1 fully saturated rings. The van der Waals surface area contributed by atoms with Gasteiger partial charge in [-0.2, -0.15) is 0 Å². The Hall–Kier alpha value is -1.84. The molecule has 2 rings (SSSR count). The molecule has 0 unspecified atom stereocenters. The summed E-state index contributed by atoms with van der Waals surface area (Å²) in [6.07, 6.45) is 2.87. The summed E-state index contributed by atoms with van der Waals surface area (Å²) in [5.74, 6) is -1.32. The van der Waals surface area contributed by atoms with Crippen LogP contribution < -0.4 is 0 Å². The van der Waals surface area contributed by atoms with Gasteiger partial charge in [-0.05, 0) is 31.7 Å². The highest BCUT2D eigenvalue weighted by atomic mass is 16.5. The second kappa shape index (κ2) is 5.87. The molecular formula is C15H19NO3. The summed E-state index contributed by atoms with van der Waals surface area (Å²) in [5, 5.41) is 0. The molecular weight excluding hydrogens is 242 g/mol. The van der Waals surface area contributed by atoms with E-state index in [0.29, 0.717) is 0 Å². The van der Waals surface area contributed by atoms with Gasteiger partial charge in [0.15, 0.2) is 0 Å². The second-order valence-corrected chi connectivity index (χ2v) is 4.91. The molecule has 0 saturated carbocycles. The molecule has 0 radical (unpaired) electrons. The zero-order valence-corrected chi connectivity index (χ0v) is 11.3. The van der Waals surface area contributed by atoms with Crippen molar-refractivity contribution in [1.29, 1.82) is 0 Å². The topological polar surface area (TPSA) is 46.6 Å². The fourth-order valence-corrected chi connectivity index (χ4v) is 2.73. The predicted octanol–water partition coefficient (Wildman–Crippen LogP) is 2.30. The minimum Gasteiger partial charge on any atom is -0.462 e. The highest BCUT2D eigenvalue weighted by molar-refractivity contribution is 6.32. The molecule has 102 valence electrons. The quantitative estimate of drug-likeness (QED) is 0.575. The molecule has 1 saturated heterocycles. The molecule has 2 atom stereocenters. The van der Waals surface area contributed by atoms with Crippen molar-refractivity contribution < 1.29 is 14.3 Å². The molecule has 0 aromatic heterocycles. The molecule has 19 heavy (non-hydrogen) atoms. The molecule has 0 N–H and O–H groups in total. The first-order valence-electron chi connectivity index (χ1n) is 6.60. The standard InChI is InChI=1S/C15H19NO3/c1-11-7-6-10-13(12-8-4-3-5-9-12)16(11)14(17)15(18)19-2/h3-5,8-9,11,13H,6-7,10H2,1-2H3/t11-,13-/m0/s1. The SMILES string of the molecule is COC(=O)C(=O)N1[C@@H](C)CCC[C@H]1c1ccccc1. The zero-order chi connectivity index (χ0) is 13.8. The maximum atomic E-state index is 12.2. The Kier molecular flexibility index (Phi) is 4.20. The number of benzene rings is 1. The lowest BCUT2D eigenvalue weighted by Crippen LogP contribution is -2.47. The van der Waals surface area contributed by atoms with E-state index < -0.39 is 11.9 Å². The highest BCUT2D eigenvalue weighted by Gasteiger charge is 2.36. The van der Waals surface area contributed by atoms with Crippen molar-refractivity contribution in [3.8, 4) is 0 Å². The number of esters is 1. The lowest BCUT2D eigenvalue weighted by atomic mass is 9.91. The van der Waals surface area contributed by atoms with Gasteiger partial charge in [-0.25, -0.2) is 4.79 Å². The van der Waals surface area contributed by atoms with E-state index >= 15 is 0 Å². The number of methoxy groups -OCH3 is 1. The van der Waals surface area contributed by atoms with Gasteiger partial charge in [0.1, 0.15) is 0 Å². The lowest BCUT2D eigenvalue weighted by Gasteiger charge is -2.40. The summed E-state index contributed by atoms with van der Waals surface area (Å²) >= 11 is 0. The van der Waals surface area contributed by atoms with Crippen LogP contribution in [-0.2, 0) is 14.3 Å². The van der Waals surface area contributed by atoms with E-state index in [1.807, 2.05) is 37.3 Å². The Morgan fingerprint density at radius 3 is 2.53 bits per heavy atom. The lowest BCUT2D eigenvalue weighted by molar-refractivity contribution is -0.162. The molecule has 1 heterocycles. The maximum Gasteiger partial charge on any atom is 0.396 e. The van der Waals surface area contributed by atoms with Crippen molar-refractivity contribution in [2.24, 2.45) is 0 Å². The van der Waals surface area contributed by atoms with Gasteiger partial charge in [-0.15, -0.1) is 0 Å². The number of ether oxygens (including phenoxy) is 1. The maximum absolute atomic E-state index is 12.2. The average Bonchev–Trinajstić information content (AvgIpc) is 2.46. The van der Waals surface area contributed by atoms with Crippen molar-refractivity contribution in [3.05, 3.63) is 35.9 Å². The van der Waals surface area contributed by atoms with Gasteiger partial charge in [0.05, 0.1) is 13.2 Å². The molecule has 0 aliphatic carbocycles. The Labute approximate surface area is 113 Å². The number of amides is 1. The van der Waals surface area contributed by atoms with Crippen molar-refractivity contribution in [2.45, 2.75) is 38.3 Å². The first kappa shape index (κ1) is 13.6. The van der Waals surface area contributed by atoms with E-state index in [9.17, 15) is 9.59 Å². The minimum absolute atomic E-state index is 0.0310. The minimum atomic E-state index is -0.783. The molecule has 4 nitrogen and oxygen atoms in total. The van der Waals surface area contributed by atoms with Crippen LogP contribution in [0.5, 0.6) is 0 Å². The van der Waals surface area contributed by atoms with Gasteiger partial charge in [0.25, 0.3) is 0 Å².